The molecule has 1 rings (SSSR count). The molecular formula is C14H21NO2. The molecule has 3 heteroatoms. The van der Waals surface area contributed by atoms with E-state index in [9.17, 15) is 0 Å². The molecule has 0 saturated carbocycles. The van der Waals surface area contributed by atoms with Crippen LogP contribution in [0.25, 0.3) is 6.08 Å². The lowest BCUT2D eigenvalue weighted by molar-refractivity contribution is 0.310. The van der Waals surface area contributed by atoms with Crippen LogP contribution in [0.3, 0.4) is 0 Å². The van der Waals surface area contributed by atoms with Crippen LogP contribution >= 0.6 is 0 Å². The smallest absolute Gasteiger partial charge is 0.167 e. The summed E-state index contributed by atoms with van der Waals surface area (Å²) in [6.07, 6.45) is 3.01. The number of benzene rings is 1. The molecule has 0 bridgehead atoms. The van der Waals surface area contributed by atoms with Gasteiger partial charge in [0.2, 0.25) is 0 Å². The van der Waals surface area contributed by atoms with E-state index >= 15 is 0 Å². The molecule has 2 N–H and O–H groups in total. The van der Waals surface area contributed by atoms with Crippen LogP contribution in [0, 0.1) is 0 Å². The Bertz CT molecular complexity index is 380. The van der Waals surface area contributed by atoms with Gasteiger partial charge in [-0.1, -0.05) is 30.7 Å². The van der Waals surface area contributed by atoms with Gasteiger partial charge in [-0.2, -0.15) is 0 Å². The molecule has 0 radical (unpaired) electrons. The van der Waals surface area contributed by atoms with Gasteiger partial charge in [-0.05, 0) is 19.4 Å². The Kier molecular flexibility index (Phi) is 5.57. The second kappa shape index (κ2) is 6.97. The lowest BCUT2D eigenvalue weighted by Crippen LogP contribution is -2.02. The SMILES string of the molecule is CCOc1cccc(C=C(CC)CN)c1OC. The van der Waals surface area contributed by atoms with Gasteiger partial charge in [0, 0.05) is 12.1 Å². The lowest BCUT2D eigenvalue weighted by atomic mass is 10.1. The van der Waals surface area contributed by atoms with E-state index in [4.69, 9.17) is 15.2 Å². The van der Waals surface area contributed by atoms with Gasteiger partial charge in [0.15, 0.2) is 11.5 Å². The van der Waals surface area contributed by atoms with Crippen LogP contribution < -0.4 is 15.2 Å². The van der Waals surface area contributed by atoms with Crippen molar-refractivity contribution in [2.45, 2.75) is 20.3 Å². The van der Waals surface area contributed by atoms with Crippen molar-refractivity contribution >= 4 is 6.08 Å². The molecule has 0 aliphatic rings. The van der Waals surface area contributed by atoms with Crippen LogP contribution in [0.5, 0.6) is 11.5 Å². The highest BCUT2D eigenvalue weighted by molar-refractivity contribution is 5.64. The molecule has 94 valence electrons. The third-order valence-electron chi connectivity index (χ3n) is 2.59. The Hall–Kier alpha value is -1.48. The van der Waals surface area contributed by atoms with Crippen LogP contribution in [0.4, 0.5) is 0 Å². The monoisotopic (exact) mass is 235 g/mol. The van der Waals surface area contributed by atoms with E-state index in [1.807, 2.05) is 25.1 Å². The molecule has 0 unspecified atom stereocenters. The Morgan fingerprint density at radius 2 is 2.12 bits per heavy atom. The van der Waals surface area contributed by atoms with Crippen molar-refractivity contribution in [2.24, 2.45) is 5.73 Å². The predicted octanol–water partition coefficient (Wildman–Crippen LogP) is 2.85. The third kappa shape index (κ3) is 3.49. The maximum atomic E-state index is 5.68. The highest BCUT2D eigenvalue weighted by atomic mass is 16.5. The molecule has 0 aliphatic carbocycles. The normalized spacial score (nSPS) is 11.4. The number of hydrogen-bond acceptors (Lipinski definition) is 3. The van der Waals surface area contributed by atoms with Crippen molar-refractivity contribution in [3.63, 3.8) is 0 Å². The standard InChI is InChI=1S/C14H21NO2/c1-4-11(10-15)9-12-7-6-8-13(17-5-2)14(12)16-3/h6-9H,4-5,10,15H2,1-3H3. The number of nitrogens with two attached hydrogens (primary N) is 1. The first-order chi connectivity index (χ1) is 8.26. The Labute approximate surface area is 103 Å². The van der Waals surface area contributed by atoms with Crippen molar-refractivity contribution in [1.82, 2.24) is 0 Å². The van der Waals surface area contributed by atoms with Crippen molar-refractivity contribution in [3.8, 4) is 11.5 Å². The Morgan fingerprint density at radius 1 is 1.35 bits per heavy atom. The van der Waals surface area contributed by atoms with Crippen LogP contribution in [-0.4, -0.2) is 20.3 Å². The van der Waals surface area contributed by atoms with E-state index in [-0.39, 0.29) is 0 Å². The van der Waals surface area contributed by atoms with Gasteiger partial charge in [-0.25, -0.2) is 0 Å². The third-order valence-corrected chi connectivity index (χ3v) is 2.59. The number of hydrogen-bond donors (Lipinski definition) is 1. The highest BCUT2D eigenvalue weighted by Gasteiger charge is 2.08. The first kappa shape index (κ1) is 13.6. The van der Waals surface area contributed by atoms with E-state index in [0.717, 1.165) is 23.5 Å². The van der Waals surface area contributed by atoms with Gasteiger partial charge >= 0.3 is 0 Å². The van der Waals surface area contributed by atoms with Gasteiger partial charge in [-0.3, -0.25) is 0 Å². The Morgan fingerprint density at radius 3 is 2.65 bits per heavy atom. The van der Waals surface area contributed by atoms with Gasteiger partial charge < -0.3 is 15.2 Å². The zero-order chi connectivity index (χ0) is 12.7. The van der Waals surface area contributed by atoms with Gasteiger partial charge in [0.05, 0.1) is 13.7 Å². The molecule has 0 heterocycles. The second-order valence-electron chi connectivity index (χ2n) is 3.67. The fourth-order valence-electron chi connectivity index (χ4n) is 1.66. The molecule has 0 amide bonds. The zero-order valence-corrected chi connectivity index (χ0v) is 10.8. The summed E-state index contributed by atoms with van der Waals surface area (Å²) in [5, 5.41) is 0. The number of rotatable bonds is 6. The largest absolute Gasteiger partial charge is 0.492 e. The minimum atomic E-state index is 0.568. The first-order valence-electron chi connectivity index (χ1n) is 5.96. The summed E-state index contributed by atoms with van der Waals surface area (Å²) in [5.41, 5.74) is 7.89. The van der Waals surface area contributed by atoms with Crippen molar-refractivity contribution in [3.05, 3.63) is 29.3 Å². The van der Waals surface area contributed by atoms with Crippen LogP contribution in [0.1, 0.15) is 25.8 Å². The maximum absolute atomic E-state index is 5.68. The van der Waals surface area contributed by atoms with E-state index < -0.39 is 0 Å². The van der Waals surface area contributed by atoms with Crippen LogP contribution in [0.15, 0.2) is 23.8 Å². The average molecular weight is 235 g/mol. The molecular weight excluding hydrogens is 214 g/mol. The van der Waals surface area contributed by atoms with Gasteiger partial charge in [-0.15, -0.1) is 0 Å². The topological polar surface area (TPSA) is 44.5 Å². The molecule has 0 atom stereocenters. The van der Waals surface area contributed by atoms with E-state index in [2.05, 4.69) is 13.0 Å². The summed E-state index contributed by atoms with van der Waals surface area (Å²) in [4.78, 5) is 0. The molecule has 0 aliphatic heterocycles. The lowest BCUT2D eigenvalue weighted by Gasteiger charge is -2.12. The number of ether oxygens (including phenoxy) is 2. The van der Waals surface area contributed by atoms with Crippen LogP contribution in [-0.2, 0) is 0 Å². The second-order valence-corrected chi connectivity index (χ2v) is 3.67. The molecule has 0 spiro atoms. The Balaban J connectivity index is 3.14. The highest BCUT2D eigenvalue weighted by Crippen LogP contribution is 2.32. The zero-order valence-electron chi connectivity index (χ0n) is 10.8. The molecule has 17 heavy (non-hydrogen) atoms. The van der Waals surface area contributed by atoms with Gasteiger partial charge in [0.25, 0.3) is 0 Å². The summed E-state index contributed by atoms with van der Waals surface area (Å²) in [6.45, 7) is 5.25. The van der Waals surface area contributed by atoms with Crippen molar-refractivity contribution in [1.29, 1.82) is 0 Å². The number of para-hydroxylation sites is 1. The minimum absolute atomic E-state index is 0.568. The molecule has 1 aromatic rings. The maximum Gasteiger partial charge on any atom is 0.167 e. The quantitative estimate of drug-likeness (QED) is 0.824. The number of methoxy groups -OCH3 is 1. The molecule has 0 saturated heterocycles. The van der Waals surface area contributed by atoms with E-state index in [1.54, 1.807) is 7.11 Å². The molecule has 1 aromatic carbocycles. The van der Waals surface area contributed by atoms with Crippen molar-refractivity contribution < 1.29 is 9.47 Å². The van der Waals surface area contributed by atoms with Crippen molar-refractivity contribution in [2.75, 3.05) is 20.3 Å². The summed E-state index contributed by atoms with van der Waals surface area (Å²) in [6, 6.07) is 5.88. The summed E-state index contributed by atoms with van der Waals surface area (Å²) in [7, 11) is 1.66. The van der Waals surface area contributed by atoms with E-state index in [0.29, 0.717) is 13.2 Å². The van der Waals surface area contributed by atoms with Crippen LogP contribution in [0.2, 0.25) is 0 Å². The van der Waals surface area contributed by atoms with Gasteiger partial charge in [0.1, 0.15) is 0 Å². The fourth-order valence-corrected chi connectivity index (χ4v) is 1.66. The minimum Gasteiger partial charge on any atom is -0.492 e. The predicted molar refractivity (Wildman–Crippen MR) is 71.5 cm³/mol. The summed E-state index contributed by atoms with van der Waals surface area (Å²) in [5.74, 6) is 1.55. The fraction of sp³-hybridized carbons (Fsp3) is 0.429. The summed E-state index contributed by atoms with van der Waals surface area (Å²) < 4.78 is 10.9. The molecule has 0 fully saturated rings. The molecule has 3 nitrogen and oxygen atoms in total. The van der Waals surface area contributed by atoms with E-state index in [1.165, 1.54) is 5.57 Å². The molecule has 0 aromatic heterocycles. The summed E-state index contributed by atoms with van der Waals surface area (Å²) >= 11 is 0. The average Bonchev–Trinajstić information content (AvgIpc) is 2.36. The first-order valence-corrected chi connectivity index (χ1v) is 5.96.